The van der Waals surface area contributed by atoms with E-state index in [4.69, 9.17) is 0 Å². The molecule has 0 saturated heterocycles. The van der Waals surface area contributed by atoms with E-state index in [1.165, 1.54) is 12.1 Å². The number of nitro benzene ring substituents is 1. The van der Waals surface area contributed by atoms with Gasteiger partial charge in [-0.2, -0.15) is 0 Å². The van der Waals surface area contributed by atoms with Crippen molar-refractivity contribution in [3.63, 3.8) is 0 Å². The Balaban J connectivity index is 2.09. The van der Waals surface area contributed by atoms with Gasteiger partial charge in [-0.1, -0.05) is 24.3 Å². The number of rotatable bonds is 4. The van der Waals surface area contributed by atoms with Gasteiger partial charge in [-0.25, -0.2) is 0 Å². The summed E-state index contributed by atoms with van der Waals surface area (Å²) in [7, 11) is 0. The third kappa shape index (κ3) is 2.76. The first kappa shape index (κ1) is 11.9. The highest BCUT2D eigenvalue weighted by Gasteiger charge is 2.05. The molecule has 5 heteroatoms. The highest BCUT2D eigenvalue weighted by molar-refractivity contribution is 5.55. The highest BCUT2D eigenvalue weighted by atomic mass is 16.6. The van der Waals surface area contributed by atoms with Crippen molar-refractivity contribution in [2.45, 2.75) is 6.54 Å². The quantitative estimate of drug-likeness (QED) is 0.492. The molecule has 2 aromatic rings. The van der Waals surface area contributed by atoms with Crippen LogP contribution in [-0.2, 0) is 6.54 Å². The Bertz CT molecular complexity index is 570. The average Bonchev–Trinajstić information content (AvgIpc) is 2.38. The van der Waals surface area contributed by atoms with Crippen LogP contribution < -0.4 is 5.32 Å². The van der Waals surface area contributed by atoms with Crippen molar-refractivity contribution in [1.29, 1.82) is 0 Å². The van der Waals surface area contributed by atoms with Gasteiger partial charge in [0.25, 0.3) is 5.69 Å². The van der Waals surface area contributed by atoms with Crippen LogP contribution in [0.1, 0.15) is 5.56 Å². The maximum Gasteiger partial charge on any atom is 0.269 e. The molecule has 2 rings (SSSR count). The van der Waals surface area contributed by atoms with Gasteiger partial charge in [0, 0.05) is 18.7 Å². The molecule has 0 spiro atoms. The summed E-state index contributed by atoms with van der Waals surface area (Å²) in [6.07, 6.45) is 0. The first-order chi connectivity index (χ1) is 8.66. The molecule has 0 heterocycles. The van der Waals surface area contributed by atoms with Crippen LogP contribution in [0, 0.1) is 10.1 Å². The number of phenolic OH excluding ortho intramolecular Hbond substituents is 1. The molecular weight excluding hydrogens is 232 g/mol. The molecule has 0 unspecified atom stereocenters. The van der Waals surface area contributed by atoms with E-state index < -0.39 is 4.92 Å². The van der Waals surface area contributed by atoms with Gasteiger partial charge in [-0.3, -0.25) is 10.1 Å². The molecule has 0 amide bonds. The third-order valence-electron chi connectivity index (χ3n) is 2.51. The van der Waals surface area contributed by atoms with Crippen LogP contribution in [0.3, 0.4) is 0 Å². The summed E-state index contributed by atoms with van der Waals surface area (Å²) >= 11 is 0. The maximum atomic E-state index is 10.6. The minimum Gasteiger partial charge on any atom is -0.506 e. The third-order valence-corrected chi connectivity index (χ3v) is 2.51. The van der Waals surface area contributed by atoms with Gasteiger partial charge in [0.1, 0.15) is 5.75 Å². The lowest BCUT2D eigenvalue weighted by Crippen LogP contribution is -2.00. The van der Waals surface area contributed by atoms with E-state index in [1.54, 1.807) is 36.4 Å². The fourth-order valence-corrected chi connectivity index (χ4v) is 1.60. The summed E-state index contributed by atoms with van der Waals surface area (Å²) in [6.45, 7) is 0.416. The lowest BCUT2D eigenvalue weighted by molar-refractivity contribution is -0.384. The molecule has 5 nitrogen and oxygen atoms in total. The van der Waals surface area contributed by atoms with E-state index in [-0.39, 0.29) is 11.4 Å². The van der Waals surface area contributed by atoms with Crippen LogP contribution in [0.5, 0.6) is 5.75 Å². The van der Waals surface area contributed by atoms with Gasteiger partial charge in [-0.15, -0.1) is 0 Å². The Kier molecular flexibility index (Phi) is 3.43. The number of hydrogen-bond donors (Lipinski definition) is 2. The number of non-ortho nitro benzene ring substituents is 1. The molecule has 0 aromatic heterocycles. The number of phenols is 1. The van der Waals surface area contributed by atoms with E-state index in [2.05, 4.69) is 5.32 Å². The molecule has 0 bridgehead atoms. The van der Waals surface area contributed by atoms with Crippen molar-refractivity contribution in [3.05, 3.63) is 64.2 Å². The monoisotopic (exact) mass is 244 g/mol. The standard InChI is InChI=1S/C13H12N2O3/c16-13-7-2-1-6-12(13)14-9-10-4-3-5-11(8-10)15(17)18/h1-8,14,16H,9H2. The number of aromatic hydroxyl groups is 1. The number of nitro groups is 1. The van der Waals surface area contributed by atoms with Crippen LogP contribution in [0.15, 0.2) is 48.5 Å². The summed E-state index contributed by atoms with van der Waals surface area (Å²) in [5, 5.41) is 23.2. The Hall–Kier alpha value is -2.56. The van der Waals surface area contributed by atoms with Gasteiger partial charge < -0.3 is 10.4 Å². The van der Waals surface area contributed by atoms with Crippen molar-refractivity contribution in [1.82, 2.24) is 0 Å². The second kappa shape index (κ2) is 5.18. The molecular formula is C13H12N2O3. The second-order valence-electron chi connectivity index (χ2n) is 3.80. The second-order valence-corrected chi connectivity index (χ2v) is 3.80. The number of anilines is 1. The molecule has 2 aromatic carbocycles. The van der Waals surface area contributed by atoms with Crippen LogP contribution >= 0.6 is 0 Å². The number of para-hydroxylation sites is 2. The van der Waals surface area contributed by atoms with Gasteiger partial charge >= 0.3 is 0 Å². The molecule has 0 saturated carbocycles. The van der Waals surface area contributed by atoms with Crippen LogP contribution in [0.2, 0.25) is 0 Å². The van der Waals surface area contributed by atoms with Crippen molar-refractivity contribution in [2.24, 2.45) is 0 Å². The van der Waals surface area contributed by atoms with Crippen molar-refractivity contribution in [3.8, 4) is 5.75 Å². The van der Waals surface area contributed by atoms with Crippen molar-refractivity contribution < 1.29 is 10.0 Å². The van der Waals surface area contributed by atoms with E-state index in [9.17, 15) is 15.2 Å². The zero-order valence-corrected chi connectivity index (χ0v) is 9.54. The summed E-state index contributed by atoms with van der Waals surface area (Å²) in [6, 6.07) is 13.2. The van der Waals surface area contributed by atoms with Crippen LogP contribution in [-0.4, -0.2) is 10.0 Å². The van der Waals surface area contributed by atoms with E-state index in [0.717, 1.165) is 5.56 Å². The number of nitrogens with one attached hydrogen (secondary N) is 1. The van der Waals surface area contributed by atoms with Crippen LogP contribution in [0.4, 0.5) is 11.4 Å². The largest absolute Gasteiger partial charge is 0.506 e. The molecule has 92 valence electrons. The predicted octanol–water partition coefficient (Wildman–Crippen LogP) is 2.91. The molecule has 0 aliphatic rings. The van der Waals surface area contributed by atoms with Gasteiger partial charge in [0.05, 0.1) is 10.6 Å². The summed E-state index contributed by atoms with van der Waals surface area (Å²) < 4.78 is 0. The van der Waals surface area contributed by atoms with Crippen molar-refractivity contribution in [2.75, 3.05) is 5.32 Å². The molecule has 0 atom stereocenters. The molecule has 2 N–H and O–H groups in total. The number of hydrogen-bond acceptors (Lipinski definition) is 4. The Morgan fingerprint density at radius 3 is 2.67 bits per heavy atom. The van der Waals surface area contributed by atoms with Gasteiger partial charge in [-0.05, 0) is 17.7 Å². The first-order valence-electron chi connectivity index (χ1n) is 5.42. The zero-order chi connectivity index (χ0) is 13.0. The number of nitrogens with zero attached hydrogens (tertiary/aromatic N) is 1. The van der Waals surface area contributed by atoms with Crippen molar-refractivity contribution >= 4 is 11.4 Å². The lowest BCUT2D eigenvalue weighted by atomic mass is 10.2. The summed E-state index contributed by atoms with van der Waals surface area (Å²) in [5.41, 5.74) is 1.45. The van der Waals surface area contributed by atoms with Gasteiger partial charge in [0.15, 0.2) is 0 Å². The maximum absolute atomic E-state index is 10.6. The Morgan fingerprint density at radius 1 is 1.17 bits per heavy atom. The predicted molar refractivity (Wildman–Crippen MR) is 68.5 cm³/mol. The molecule has 18 heavy (non-hydrogen) atoms. The zero-order valence-electron chi connectivity index (χ0n) is 9.54. The lowest BCUT2D eigenvalue weighted by Gasteiger charge is -2.07. The topological polar surface area (TPSA) is 75.4 Å². The minimum absolute atomic E-state index is 0.0617. The van der Waals surface area contributed by atoms with Crippen LogP contribution in [0.25, 0.3) is 0 Å². The molecule has 0 fully saturated rings. The van der Waals surface area contributed by atoms with Gasteiger partial charge in [0.2, 0.25) is 0 Å². The normalized spacial score (nSPS) is 10.0. The smallest absolute Gasteiger partial charge is 0.269 e. The minimum atomic E-state index is -0.427. The SMILES string of the molecule is O=[N+]([O-])c1cccc(CNc2ccccc2O)c1. The molecule has 0 aliphatic heterocycles. The average molecular weight is 244 g/mol. The summed E-state index contributed by atoms with van der Waals surface area (Å²) in [4.78, 5) is 10.2. The highest BCUT2D eigenvalue weighted by Crippen LogP contribution is 2.22. The Morgan fingerprint density at radius 2 is 1.94 bits per heavy atom. The first-order valence-corrected chi connectivity index (χ1v) is 5.42. The van der Waals surface area contributed by atoms with E-state index in [1.807, 2.05) is 0 Å². The Labute approximate surface area is 104 Å². The molecule has 0 radical (unpaired) electrons. The molecule has 0 aliphatic carbocycles. The fraction of sp³-hybridized carbons (Fsp3) is 0.0769. The fourth-order valence-electron chi connectivity index (χ4n) is 1.60. The van der Waals surface area contributed by atoms with E-state index in [0.29, 0.717) is 12.2 Å². The van der Waals surface area contributed by atoms with E-state index >= 15 is 0 Å². The summed E-state index contributed by atoms with van der Waals surface area (Å²) in [5.74, 6) is 0.155. The number of benzene rings is 2.